The van der Waals surface area contributed by atoms with Crippen LogP contribution in [0.15, 0.2) is 0 Å². The van der Waals surface area contributed by atoms with E-state index in [2.05, 4.69) is 96.9 Å². The Hall–Kier alpha value is -0.0400. The van der Waals surface area contributed by atoms with Crippen molar-refractivity contribution in [1.82, 2.24) is 0 Å². The van der Waals surface area contributed by atoms with Gasteiger partial charge >= 0.3 is 0 Å². The van der Waals surface area contributed by atoms with E-state index < -0.39 is 0 Å². The van der Waals surface area contributed by atoms with Crippen LogP contribution >= 0.6 is 0 Å². The van der Waals surface area contributed by atoms with Crippen molar-refractivity contribution < 1.29 is 0 Å². The summed E-state index contributed by atoms with van der Waals surface area (Å²) in [5.74, 6) is 8.58. The van der Waals surface area contributed by atoms with Gasteiger partial charge in [0.05, 0.1) is 0 Å². The minimum absolute atomic E-state index is 0.250. The van der Waals surface area contributed by atoms with E-state index in [9.17, 15) is 0 Å². The first-order valence-corrected chi connectivity index (χ1v) is 20.7. The molecule has 0 aromatic heterocycles. The van der Waals surface area contributed by atoms with Crippen LogP contribution in [0.1, 0.15) is 213 Å². The maximum absolute atomic E-state index is 5.79. The third-order valence-corrected chi connectivity index (χ3v) is 14.0. The van der Waals surface area contributed by atoms with E-state index in [0.717, 1.165) is 52.8 Å². The van der Waals surface area contributed by atoms with Crippen molar-refractivity contribution in [2.75, 3.05) is 0 Å². The van der Waals surface area contributed by atoms with Crippen LogP contribution in [-0.2, 0) is 0 Å². The molecule has 2 N–H and O–H groups in total. The van der Waals surface area contributed by atoms with E-state index in [1.165, 1.54) is 116 Å². The van der Waals surface area contributed by atoms with Gasteiger partial charge in [0.2, 0.25) is 0 Å². The number of nitrogens with two attached hydrogens (primary N) is 1. The third-order valence-electron chi connectivity index (χ3n) is 14.0. The molecule has 0 amide bonds. The maximum atomic E-state index is 5.79. The fraction of sp³-hybridized carbons (Fsp3) is 1.00. The Kier molecular flexibility index (Phi) is 19.5. The van der Waals surface area contributed by atoms with Gasteiger partial charge in [0.15, 0.2) is 0 Å². The van der Waals surface area contributed by atoms with Gasteiger partial charge in [-0.05, 0) is 115 Å². The maximum Gasteiger partial charge on any atom is 0.0178 e. The molecule has 270 valence electrons. The second-order valence-corrected chi connectivity index (χ2v) is 19.4. The molecule has 0 unspecified atom stereocenters. The molecule has 0 heterocycles. The van der Waals surface area contributed by atoms with E-state index in [4.69, 9.17) is 5.73 Å². The van der Waals surface area contributed by atoms with Gasteiger partial charge in [-0.3, -0.25) is 0 Å². The monoisotopic (exact) mass is 632 g/mol. The van der Waals surface area contributed by atoms with Crippen LogP contribution in [0.25, 0.3) is 0 Å². The van der Waals surface area contributed by atoms with Crippen LogP contribution < -0.4 is 5.73 Å². The molecule has 6 aliphatic rings. The van der Waals surface area contributed by atoms with Gasteiger partial charge in [-0.15, -0.1) is 0 Å². The lowest BCUT2D eigenvalue weighted by Gasteiger charge is -2.42. The SMILES string of the molecule is CC(C)C1(C)CCC1.CC(C)C1(C)CCCC1.CC(C)C1(N)CC1.CC(C)C1CC1.CC(C)C1CCC1.CC(C)C1CCCC1. The number of rotatable bonds is 6. The van der Waals surface area contributed by atoms with Crippen molar-refractivity contribution in [3.05, 3.63) is 0 Å². The van der Waals surface area contributed by atoms with Gasteiger partial charge in [-0.1, -0.05) is 161 Å². The normalized spacial score (nSPS) is 24.2. The van der Waals surface area contributed by atoms with Crippen molar-refractivity contribution in [2.24, 2.45) is 69.8 Å². The fourth-order valence-electron chi connectivity index (χ4n) is 7.29. The van der Waals surface area contributed by atoms with Crippen LogP contribution in [0.4, 0.5) is 0 Å². The van der Waals surface area contributed by atoms with Gasteiger partial charge in [0.1, 0.15) is 0 Å². The largest absolute Gasteiger partial charge is 0.325 e. The summed E-state index contributed by atoms with van der Waals surface area (Å²) >= 11 is 0. The van der Waals surface area contributed by atoms with Crippen LogP contribution in [0, 0.1) is 64.1 Å². The number of hydrogen-bond donors (Lipinski definition) is 1. The van der Waals surface area contributed by atoms with Crippen molar-refractivity contribution in [1.29, 1.82) is 0 Å². The molecule has 6 aliphatic carbocycles. The van der Waals surface area contributed by atoms with E-state index in [-0.39, 0.29) is 5.54 Å². The fourth-order valence-corrected chi connectivity index (χ4v) is 7.29. The van der Waals surface area contributed by atoms with Crippen molar-refractivity contribution in [3.8, 4) is 0 Å². The quantitative estimate of drug-likeness (QED) is 0.310. The minimum Gasteiger partial charge on any atom is -0.325 e. The lowest BCUT2D eigenvalue weighted by Crippen LogP contribution is -2.30. The summed E-state index contributed by atoms with van der Waals surface area (Å²) in [6, 6.07) is 0. The summed E-state index contributed by atoms with van der Waals surface area (Å²) in [6.45, 7) is 32.5. The smallest absolute Gasteiger partial charge is 0.0178 e. The Morgan fingerprint density at radius 1 is 0.378 bits per heavy atom. The molecular weight excluding hydrogens is 542 g/mol. The molecule has 0 aliphatic heterocycles. The molecule has 0 radical (unpaired) electrons. The van der Waals surface area contributed by atoms with Gasteiger partial charge in [0.25, 0.3) is 0 Å². The molecule has 0 aromatic rings. The van der Waals surface area contributed by atoms with Crippen molar-refractivity contribution in [3.63, 3.8) is 0 Å². The Morgan fingerprint density at radius 2 is 0.689 bits per heavy atom. The minimum atomic E-state index is 0.250. The molecule has 6 saturated carbocycles. The second kappa shape index (κ2) is 20.5. The van der Waals surface area contributed by atoms with Crippen molar-refractivity contribution in [2.45, 2.75) is 218 Å². The predicted octanol–water partition coefficient (Wildman–Crippen LogP) is 14.5. The summed E-state index contributed by atoms with van der Waals surface area (Å²) in [7, 11) is 0. The van der Waals surface area contributed by atoms with E-state index in [1.807, 2.05) is 0 Å². The Balaban J connectivity index is 0.000000271. The van der Waals surface area contributed by atoms with Crippen LogP contribution in [-0.4, -0.2) is 5.54 Å². The molecule has 0 bridgehead atoms. The van der Waals surface area contributed by atoms with E-state index >= 15 is 0 Å². The third kappa shape index (κ3) is 16.8. The Labute approximate surface area is 287 Å². The predicted molar refractivity (Wildman–Crippen MR) is 206 cm³/mol. The average molecular weight is 632 g/mol. The lowest BCUT2D eigenvalue weighted by molar-refractivity contribution is 0.0934. The summed E-state index contributed by atoms with van der Waals surface area (Å²) in [4.78, 5) is 0. The van der Waals surface area contributed by atoms with E-state index in [0.29, 0.717) is 11.3 Å². The topological polar surface area (TPSA) is 26.0 Å². The molecule has 6 fully saturated rings. The first-order chi connectivity index (χ1) is 20.9. The van der Waals surface area contributed by atoms with Gasteiger partial charge in [-0.25, -0.2) is 0 Å². The zero-order chi connectivity index (χ0) is 34.4. The van der Waals surface area contributed by atoms with E-state index in [1.54, 1.807) is 0 Å². The average Bonchev–Trinajstić information content (AvgIpc) is 3.79. The van der Waals surface area contributed by atoms with Gasteiger partial charge < -0.3 is 5.73 Å². The second-order valence-electron chi connectivity index (χ2n) is 19.4. The number of hydrogen-bond acceptors (Lipinski definition) is 1. The summed E-state index contributed by atoms with van der Waals surface area (Å²) in [6.07, 6.45) is 26.2. The Morgan fingerprint density at radius 3 is 0.778 bits per heavy atom. The highest BCUT2D eigenvalue weighted by Gasteiger charge is 2.40. The molecule has 0 saturated heterocycles. The molecule has 6 rings (SSSR count). The molecule has 0 aromatic carbocycles. The molecule has 0 spiro atoms. The highest BCUT2D eigenvalue weighted by Crippen LogP contribution is 2.46. The highest BCUT2D eigenvalue weighted by atomic mass is 14.8. The summed E-state index contributed by atoms with van der Waals surface area (Å²) in [5, 5.41) is 0. The first kappa shape index (κ1) is 43.0. The van der Waals surface area contributed by atoms with Crippen molar-refractivity contribution >= 4 is 0 Å². The first-order valence-electron chi connectivity index (χ1n) is 20.7. The standard InChI is InChI=1S/C9H18.2C8H16.C7H14.C6H13N.C6H12/c1-8(2)9(3)6-4-5-7-9;1-7(2)8(3)5-4-6-8;1-7(2)8-5-3-4-6-8;1-6(2)7-4-3-5-7;1-5(2)6(7)3-4-6;1-5(2)6-3-4-6/h8H,4-7H2,1-3H3;7H,4-6H2,1-3H3;7-8H,3-6H2,1-2H3;6-7H,3-5H2,1-2H3;5H,3-4,7H2,1-2H3;5-6H,3-4H2,1-2H3. The summed E-state index contributed by atoms with van der Waals surface area (Å²) in [5.41, 5.74) is 7.46. The zero-order valence-electron chi connectivity index (χ0n) is 34.0. The Bertz CT molecular complexity index is 714. The zero-order valence-corrected chi connectivity index (χ0v) is 34.0. The van der Waals surface area contributed by atoms with Crippen LogP contribution in [0.2, 0.25) is 0 Å². The van der Waals surface area contributed by atoms with Crippen LogP contribution in [0.3, 0.4) is 0 Å². The molecule has 1 heteroatoms. The van der Waals surface area contributed by atoms with Gasteiger partial charge in [-0.2, -0.15) is 0 Å². The van der Waals surface area contributed by atoms with Gasteiger partial charge in [0, 0.05) is 5.54 Å². The van der Waals surface area contributed by atoms with Crippen LogP contribution in [0.5, 0.6) is 0 Å². The molecule has 1 nitrogen and oxygen atoms in total. The highest BCUT2D eigenvalue weighted by molar-refractivity contribution is 5.00. The lowest BCUT2D eigenvalue weighted by atomic mass is 9.64. The summed E-state index contributed by atoms with van der Waals surface area (Å²) < 4.78 is 0. The molecule has 0 atom stereocenters. The molecular formula is C44H89N. The molecule has 45 heavy (non-hydrogen) atoms.